The van der Waals surface area contributed by atoms with E-state index in [0.717, 1.165) is 25.5 Å². The predicted molar refractivity (Wildman–Crippen MR) is 105 cm³/mol. The van der Waals surface area contributed by atoms with Crippen LogP contribution in [0.15, 0.2) is 59.6 Å². The highest BCUT2D eigenvalue weighted by Crippen LogP contribution is 2.02. The van der Waals surface area contributed by atoms with Crippen LogP contribution < -0.4 is 10.6 Å². The van der Waals surface area contributed by atoms with Crippen molar-refractivity contribution in [3.8, 4) is 0 Å². The fourth-order valence-electron chi connectivity index (χ4n) is 2.08. The zero-order valence-corrected chi connectivity index (χ0v) is 15.5. The van der Waals surface area contributed by atoms with Gasteiger partial charge in [0, 0.05) is 20.1 Å². The van der Waals surface area contributed by atoms with Gasteiger partial charge in [0.2, 0.25) is 0 Å². The van der Waals surface area contributed by atoms with Gasteiger partial charge in [0.05, 0.1) is 0 Å². The first kappa shape index (κ1) is 18.5. The standard InChI is InChI=1S/C18H23N3.HI/c1-15-8-10-17(11-9-15)14-21-18(19-2)20-13-12-16-6-4-3-5-7-16;/h3-11H,12-14H2,1-2H3,(H2,19,20,21);1H. The van der Waals surface area contributed by atoms with Gasteiger partial charge in [-0.2, -0.15) is 0 Å². The van der Waals surface area contributed by atoms with Crippen molar-refractivity contribution >= 4 is 29.9 Å². The lowest BCUT2D eigenvalue weighted by molar-refractivity contribution is 0.794. The van der Waals surface area contributed by atoms with Crippen LogP contribution in [0.1, 0.15) is 16.7 Å². The van der Waals surface area contributed by atoms with Crippen LogP contribution in [0.3, 0.4) is 0 Å². The summed E-state index contributed by atoms with van der Waals surface area (Å²) in [5.74, 6) is 0.839. The van der Waals surface area contributed by atoms with Gasteiger partial charge < -0.3 is 10.6 Å². The van der Waals surface area contributed by atoms with Crippen LogP contribution in [0, 0.1) is 6.92 Å². The molecule has 118 valence electrons. The minimum absolute atomic E-state index is 0. The third-order valence-corrected chi connectivity index (χ3v) is 3.35. The molecule has 0 aromatic heterocycles. The van der Waals surface area contributed by atoms with Crippen LogP contribution in [0.5, 0.6) is 0 Å². The van der Waals surface area contributed by atoms with Gasteiger partial charge in [0.25, 0.3) is 0 Å². The van der Waals surface area contributed by atoms with E-state index in [2.05, 4.69) is 71.1 Å². The fraction of sp³-hybridized carbons (Fsp3) is 0.278. The highest BCUT2D eigenvalue weighted by Gasteiger charge is 1.98. The number of benzene rings is 2. The topological polar surface area (TPSA) is 36.4 Å². The van der Waals surface area contributed by atoms with E-state index in [1.54, 1.807) is 7.05 Å². The summed E-state index contributed by atoms with van der Waals surface area (Å²) < 4.78 is 0. The molecule has 4 heteroatoms. The summed E-state index contributed by atoms with van der Waals surface area (Å²) in [6, 6.07) is 19.0. The van der Waals surface area contributed by atoms with Gasteiger partial charge in [-0.15, -0.1) is 24.0 Å². The van der Waals surface area contributed by atoms with Gasteiger partial charge in [-0.1, -0.05) is 60.2 Å². The molecule has 0 fully saturated rings. The largest absolute Gasteiger partial charge is 0.356 e. The number of rotatable bonds is 5. The number of hydrogen-bond acceptors (Lipinski definition) is 1. The van der Waals surface area contributed by atoms with E-state index >= 15 is 0 Å². The lowest BCUT2D eigenvalue weighted by Crippen LogP contribution is -2.37. The monoisotopic (exact) mass is 409 g/mol. The van der Waals surface area contributed by atoms with E-state index in [4.69, 9.17) is 0 Å². The molecule has 22 heavy (non-hydrogen) atoms. The molecule has 0 bridgehead atoms. The first-order chi connectivity index (χ1) is 10.3. The molecule has 0 atom stereocenters. The van der Waals surface area contributed by atoms with Gasteiger partial charge in [-0.25, -0.2) is 0 Å². The number of nitrogens with one attached hydrogen (secondary N) is 2. The first-order valence-corrected chi connectivity index (χ1v) is 7.32. The molecule has 0 heterocycles. The maximum atomic E-state index is 4.25. The van der Waals surface area contributed by atoms with E-state index in [-0.39, 0.29) is 24.0 Å². The van der Waals surface area contributed by atoms with Gasteiger partial charge in [-0.05, 0) is 24.5 Å². The quantitative estimate of drug-likeness (QED) is 0.451. The van der Waals surface area contributed by atoms with Crippen molar-refractivity contribution in [3.63, 3.8) is 0 Å². The summed E-state index contributed by atoms with van der Waals surface area (Å²) in [5.41, 5.74) is 3.87. The fourth-order valence-corrected chi connectivity index (χ4v) is 2.08. The van der Waals surface area contributed by atoms with Crippen molar-refractivity contribution in [1.82, 2.24) is 10.6 Å². The first-order valence-electron chi connectivity index (χ1n) is 7.32. The summed E-state index contributed by atoms with van der Waals surface area (Å²) >= 11 is 0. The summed E-state index contributed by atoms with van der Waals surface area (Å²) in [4.78, 5) is 4.25. The normalized spacial score (nSPS) is 10.7. The van der Waals surface area contributed by atoms with E-state index in [9.17, 15) is 0 Å². The maximum absolute atomic E-state index is 4.25. The molecule has 2 N–H and O–H groups in total. The Morgan fingerprint density at radius 2 is 1.59 bits per heavy atom. The molecule has 0 saturated heterocycles. The van der Waals surface area contributed by atoms with E-state index in [1.165, 1.54) is 16.7 Å². The van der Waals surface area contributed by atoms with Crippen molar-refractivity contribution in [1.29, 1.82) is 0 Å². The third-order valence-electron chi connectivity index (χ3n) is 3.35. The molecular formula is C18H24IN3. The minimum Gasteiger partial charge on any atom is -0.356 e. The van der Waals surface area contributed by atoms with Crippen molar-refractivity contribution in [2.24, 2.45) is 4.99 Å². The number of halogens is 1. The lowest BCUT2D eigenvalue weighted by Gasteiger charge is -2.12. The van der Waals surface area contributed by atoms with Crippen LogP contribution in [-0.2, 0) is 13.0 Å². The van der Waals surface area contributed by atoms with Crippen molar-refractivity contribution < 1.29 is 0 Å². The van der Waals surface area contributed by atoms with Crippen molar-refractivity contribution in [2.45, 2.75) is 19.9 Å². The van der Waals surface area contributed by atoms with Gasteiger partial charge >= 0.3 is 0 Å². The molecule has 0 aliphatic heterocycles. The van der Waals surface area contributed by atoms with Crippen LogP contribution >= 0.6 is 24.0 Å². The summed E-state index contributed by atoms with van der Waals surface area (Å²) in [5, 5.41) is 6.67. The number of guanidine groups is 1. The molecule has 3 nitrogen and oxygen atoms in total. The van der Waals surface area contributed by atoms with Crippen LogP contribution in [-0.4, -0.2) is 19.6 Å². The highest BCUT2D eigenvalue weighted by atomic mass is 127. The average Bonchev–Trinajstić information content (AvgIpc) is 2.53. The molecule has 0 aliphatic carbocycles. The molecule has 2 rings (SSSR count). The second-order valence-corrected chi connectivity index (χ2v) is 5.07. The summed E-state index contributed by atoms with van der Waals surface area (Å²) in [6.07, 6.45) is 0.992. The van der Waals surface area contributed by atoms with E-state index < -0.39 is 0 Å². The third kappa shape index (κ3) is 6.47. The molecule has 0 radical (unpaired) electrons. The zero-order valence-electron chi connectivity index (χ0n) is 13.2. The second kappa shape index (κ2) is 10.2. The SMILES string of the molecule is CN=C(NCCc1ccccc1)NCc1ccc(C)cc1.I. The smallest absolute Gasteiger partial charge is 0.191 e. The molecule has 0 amide bonds. The van der Waals surface area contributed by atoms with Crippen LogP contribution in [0.2, 0.25) is 0 Å². The predicted octanol–water partition coefficient (Wildman–Crippen LogP) is 3.52. The Labute approximate surface area is 150 Å². The molecule has 2 aromatic carbocycles. The van der Waals surface area contributed by atoms with Crippen LogP contribution in [0.25, 0.3) is 0 Å². The zero-order chi connectivity index (χ0) is 14.9. The Hall–Kier alpha value is -1.56. The summed E-state index contributed by atoms with van der Waals surface area (Å²) in [6.45, 7) is 3.75. The number of nitrogens with zero attached hydrogens (tertiary/aromatic N) is 1. The maximum Gasteiger partial charge on any atom is 0.191 e. The van der Waals surface area contributed by atoms with E-state index in [0.29, 0.717) is 0 Å². The Kier molecular flexibility index (Phi) is 8.58. The Morgan fingerprint density at radius 3 is 2.23 bits per heavy atom. The Balaban J connectivity index is 0.00000242. The highest BCUT2D eigenvalue weighted by molar-refractivity contribution is 14.0. The number of aryl methyl sites for hydroxylation is 1. The van der Waals surface area contributed by atoms with Gasteiger partial charge in [-0.3, -0.25) is 4.99 Å². The molecule has 0 unspecified atom stereocenters. The van der Waals surface area contributed by atoms with E-state index in [1.807, 2.05) is 6.07 Å². The molecule has 0 spiro atoms. The van der Waals surface area contributed by atoms with Gasteiger partial charge in [0.1, 0.15) is 0 Å². The second-order valence-electron chi connectivity index (χ2n) is 5.07. The summed E-state index contributed by atoms with van der Waals surface area (Å²) in [7, 11) is 1.80. The average molecular weight is 409 g/mol. The lowest BCUT2D eigenvalue weighted by atomic mass is 10.1. The molecule has 0 saturated carbocycles. The van der Waals surface area contributed by atoms with Crippen LogP contribution in [0.4, 0.5) is 0 Å². The van der Waals surface area contributed by atoms with Crippen molar-refractivity contribution in [2.75, 3.05) is 13.6 Å². The Morgan fingerprint density at radius 1 is 0.909 bits per heavy atom. The molecule has 2 aromatic rings. The number of aliphatic imine (C=N–C) groups is 1. The van der Waals surface area contributed by atoms with Crippen molar-refractivity contribution in [3.05, 3.63) is 71.3 Å². The molecular weight excluding hydrogens is 385 g/mol. The van der Waals surface area contributed by atoms with Gasteiger partial charge in [0.15, 0.2) is 5.96 Å². The number of hydrogen-bond donors (Lipinski definition) is 2. The minimum atomic E-state index is 0. The Bertz CT molecular complexity index is 565. The molecule has 0 aliphatic rings.